The molecular weight excluding hydrogens is 422 g/mol. The quantitative estimate of drug-likeness (QED) is 0.383. The molecule has 7 nitrogen and oxygen atoms in total. The minimum absolute atomic E-state index is 0.127. The molecule has 1 aliphatic heterocycles. The fourth-order valence-electron chi connectivity index (χ4n) is 3.49. The maximum Gasteiger partial charge on any atom is 0.411 e. The van der Waals surface area contributed by atoms with Crippen LogP contribution in [0.25, 0.3) is 6.08 Å². The third-order valence-electron chi connectivity index (χ3n) is 5.10. The molecule has 0 spiro atoms. The smallest absolute Gasteiger partial charge is 0.411 e. The number of ether oxygens (including phenoxy) is 3. The van der Waals surface area contributed by atoms with Crippen LogP contribution in [0, 0.1) is 0 Å². The third-order valence-corrected chi connectivity index (χ3v) is 5.10. The van der Waals surface area contributed by atoms with Gasteiger partial charge in [-0.15, -0.1) is 0 Å². The molecule has 3 rings (SSSR count). The number of nitrogens with zero attached hydrogens (tertiary/aromatic N) is 1. The topological polar surface area (TPSA) is 82.1 Å². The van der Waals surface area contributed by atoms with Gasteiger partial charge in [0.05, 0.1) is 13.7 Å². The second-order valence-electron chi connectivity index (χ2n) is 8.81. The lowest BCUT2D eigenvalue weighted by atomic mass is 9.92. The van der Waals surface area contributed by atoms with Crippen molar-refractivity contribution in [3.63, 3.8) is 0 Å². The summed E-state index contributed by atoms with van der Waals surface area (Å²) in [6.07, 6.45) is 2.71. The molecule has 2 aromatic rings. The average Bonchev–Trinajstić information content (AvgIpc) is 2.79. The van der Waals surface area contributed by atoms with Gasteiger partial charge in [0.15, 0.2) is 0 Å². The first-order valence-electron chi connectivity index (χ1n) is 10.7. The number of rotatable bonds is 5. The van der Waals surface area contributed by atoms with Crippen molar-refractivity contribution in [1.82, 2.24) is 4.90 Å². The summed E-state index contributed by atoms with van der Waals surface area (Å²) in [6, 6.07) is 14.2. The van der Waals surface area contributed by atoms with Gasteiger partial charge in [0, 0.05) is 12.5 Å². The van der Waals surface area contributed by atoms with E-state index in [-0.39, 0.29) is 13.2 Å². The lowest BCUT2D eigenvalue weighted by molar-refractivity contribution is -0.151. The highest BCUT2D eigenvalue weighted by atomic mass is 16.6. The number of hydrogen-bond donors (Lipinski definition) is 0. The predicted octanol–water partition coefficient (Wildman–Crippen LogP) is 4.28. The van der Waals surface area contributed by atoms with Crippen LogP contribution in [0.5, 0.6) is 0 Å². The van der Waals surface area contributed by atoms with E-state index in [4.69, 9.17) is 9.47 Å². The van der Waals surface area contributed by atoms with Crippen molar-refractivity contribution in [1.29, 1.82) is 0 Å². The molecule has 0 saturated carbocycles. The fourth-order valence-corrected chi connectivity index (χ4v) is 3.49. The Morgan fingerprint density at radius 2 is 1.79 bits per heavy atom. The van der Waals surface area contributed by atoms with Crippen LogP contribution in [0.1, 0.15) is 43.0 Å². The molecule has 0 aromatic heterocycles. The van der Waals surface area contributed by atoms with Crippen LogP contribution in [0.3, 0.4) is 0 Å². The number of benzene rings is 2. The van der Waals surface area contributed by atoms with Crippen LogP contribution in [0.4, 0.5) is 4.79 Å². The first-order valence-corrected chi connectivity index (χ1v) is 10.7. The number of fused-ring (bicyclic) bond motifs is 1. The molecule has 0 unspecified atom stereocenters. The highest BCUT2D eigenvalue weighted by Gasteiger charge is 2.38. The molecule has 1 aliphatic rings. The van der Waals surface area contributed by atoms with Gasteiger partial charge in [-0.1, -0.05) is 42.5 Å². The van der Waals surface area contributed by atoms with Gasteiger partial charge in [-0.3, -0.25) is 4.90 Å². The van der Waals surface area contributed by atoms with E-state index in [1.54, 1.807) is 26.8 Å². The molecule has 1 atom stereocenters. The number of carbonyl (C=O) groups excluding carboxylic acids is 3. The largest absolute Gasteiger partial charge is 0.466 e. The molecule has 0 aliphatic carbocycles. The molecule has 0 bridgehead atoms. The van der Waals surface area contributed by atoms with E-state index < -0.39 is 29.7 Å². The number of esters is 2. The number of methoxy groups -OCH3 is 1. The van der Waals surface area contributed by atoms with Gasteiger partial charge in [0.25, 0.3) is 0 Å². The van der Waals surface area contributed by atoms with Gasteiger partial charge in [-0.05, 0) is 55.2 Å². The molecule has 33 heavy (non-hydrogen) atoms. The maximum atomic E-state index is 13.0. The Kier molecular flexibility index (Phi) is 7.53. The van der Waals surface area contributed by atoms with Crippen LogP contribution in [0.15, 0.2) is 54.6 Å². The zero-order chi connectivity index (χ0) is 24.0. The van der Waals surface area contributed by atoms with Crippen molar-refractivity contribution >= 4 is 24.1 Å². The van der Waals surface area contributed by atoms with Crippen molar-refractivity contribution in [2.24, 2.45) is 0 Å². The van der Waals surface area contributed by atoms with Gasteiger partial charge in [0.2, 0.25) is 0 Å². The minimum atomic E-state index is -0.799. The molecule has 1 heterocycles. The summed E-state index contributed by atoms with van der Waals surface area (Å²) in [5, 5.41) is 0. The van der Waals surface area contributed by atoms with Crippen molar-refractivity contribution in [3.8, 4) is 0 Å². The molecule has 1 amide bonds. The lowest BCUT2D eigenvalue weighted by Gasteiger charge is -2.36. The van der Waals surface area contributed by atoms with Crippen molar-refractivity contribution < 1.29 is 28.6 Å². The average molecular weight is 452 g/mol. The highest BCUT2D eigenvalue weighted by Crippen LogP contribution is 2.27. The summed E-state index contributed by atoms with van der Waals surface area (Å²) in [5.74, 6) is -0.936. The molecule has 0 radical (unpaired) electrons. The summed E-state index contributed by atoms with van der Waals surface area (Å²) in [7, 11) is 1.31. The fraction of sp³-hybridized carbons (Fsp3) is 0.346. The first-order chi connectivity index (χ1) is 15.7. The van der Waals surface area contributed by atoms with Crippen molar-refractivity contribution in [2.75, 3.05) is 7.11 Å². The van der Waals surface area contributed by atoms with E-state index in [1.807, 2.05) is 48.5 Å². The summed E-state index contributed by atoms with van der Waals surface area (Å²) in [5.41, 5.74) is 2.76. The number of carbonyl (C=O) groups is 3. The van der Waals surface area contributed by atoms with Crippen LogP contribution in [0.2, 0.25) is 0 Å². The monoisotopic (exact) mass is 451 g/mol. The molecule has 7 heteroatoms. The minimum Gasteiger partial charge on any atom is -0.466 e. The Bertz CT molecular complexity index is 1040. The van der Waals surface area contributed by atoms with Gasteiger partial charge in [0.1, 0.15) is 18.2 Å². The normalized spacial score (nSPS) is 15.6. The number of amides is 1. The van der Waals surface area contributed by atoms with Gasteiger partial charge < -0.3 is 14.2 Å². The summed E-state index contributed by atoms with van der Waals surface area (Å²) in [4.78, 5) is 38.8. The van der Waals surface area contributed by atoms with Crippen molar-refractivity contribution in [2.45, 2.75) is 52.0 Å². The first kappa shape index (κ1) is 24.0. The zero-order valence-electron chi connectivity index (χ0n) is 19.4. The van der Waals surface area contributed by atoms with E-state index in [0.717, 1.165) is 22.3 Å². The molecular formula is C26H29NO6. The Hall–Kier alpha value is -3.61. The Balaban J connectivity index is 1.83. The Labute approximate surface area is 193 Å². The van der Waals surface area contributed by atoms with Crippen LogP contribution in [-0.2, 0) is 43.4 Å². The predicted molar refractivity (Wildman–Crippen MR) is 123 cm³/mol. The lowest BCUT2D eigenvalue weighted by Crippen LogP contribution is -2.50. The molecule has 0 fully saturated rings. The standard InChI is InChI=1S/C26H29NO6/c1-26(2,3)33-25(30)27-16-21-14-18(11-13-23(28)31-4)10-12-20(21)15-22(27)24(29)32-17-19-8-6-5-7-9-19/h5-14,22H,15-17H2,1-4H3/t22-/m0/s1. The Morgan fingerprint density at radius 1 is 1.06 bits per heavy atom. The summed E-state index contributed by atoms with van der Waals surface area (Å²) in [6.45, 7) is 5.65. The molecule has 174 valence electrons. The summed E-state index contributed by atoms with van der Waals surface area (Å²) < 4.78 is 15.7. The van der Waals surface area contributed by atoms with E-state index in [0.29, 0.717) is 6.42 Å². The summed E-state index contributed by atoms with van der Waals surface area (Å²) >= 11 is 0. The van der Waals surface area contributed by atoms with Crippen molar-refractivity contribution in [3.05, 3.63) is 76.9 Å². The zero-order valence-corrected chi connectivity index (χ0v) is 19.4. The van der Waals surface area contributed by atoms with Crippen LogP contribution < -0.4 is 0 Å². The van der Waals surface area contributed by atoms with E-state index in [9.17, 15) is 14.4 Å². The third kappa shape index (κ3) is 6.68. The Morgan fingerprint density at radius 3 is 2.45 bits per heavy atom. The van der Waals surface area contributed by atoms with Gasteiger partial charge in [-0.25, -0.2) is 14.4 Å². The highest BCUT2D eigenvalue weighted by molar-refractivity contribution is 5.87. The van der Waals surface area contributed by atoms with Crippen LogP contribution in [-0.4, -0.2) is 41.7 Å². The molecule has 0 saturated heterocycles. The van der Waals surface area contributed by atoms with E-state index in [1.165, 1.54) is 18.1 Å². The second kappa shape index (κ2) is 10.3. The van der Waals surface area contributed by atoms with E-state index >= 15 is 0 Å². The van der Waals surface area contributed by atoms with Gasteiger partial charge in [-0.2, -0.15) is 0 Å². The maximum absolute atomic E-state index is 13.0. The number of hydrogen-bond acceptors (Lipinski definition) is 6. The molecule has 0 N–H and O–H groups in total. The van der Waals surface area contributed by atoms with Crippen LogP contribution >= 0.6 is 0 Å². The van der Waals surface area contributed by atoms with E-state index in [2.05, 4.69) is 4.74 Å². The molecule has 2 aromatic carbocycles. The van der Waals surface area contributed by atoms with Gasteiger partial charge >= 0.3 is 18.0 Å². The second-order valence-corrected chi connectivity index (χ2v) is 8.81. The SMILES string of the molecule is COC(=O)C=Cc1ccc2c(c1)CN(C(=O)OC(C)(C)C)[C@H](C(=O)OCc1ccccc1)C2.